The van der Waals surface area contributed by atoms with E-state index >= 15 is 0 Å². The summed E-state index contributed by atoms with van der Waals surface area (Å²) >= 11 is 0. The molecule has 0 radical (unpaired) electrons. The van der Waals surface area contributed by atoms with Crippen LogP contribution in [0.5, 0.6) is 0 Å². The molecule has 0 heterocycles. The molecule has 0 spiro atoms. The van der Waals surface area contributed by atoms with Crippen LogP contribution in [0.1, 0.15) is 34.5 Å². The van der Waals surface area contributed by atoms with Gasteiger partial charge in [0.05, 0.1) is 18.7 Å². The highest BCUT2D eigenvalue weighted by Gasteiger charge is 2.10. The molecular formula is C19H22N4O4. The van der Waals surface area contributed by atoms with E-state index in [4.69, 9.17) is 5.73 Å². The van der Waals surface area contributed by atoms with E-state index in [1.165, 1.54) is 7.11 Å². The minimum Gasteiger partial charge on any atom is -0.465 e. The van der Waals surface area contributed by atoms with Crippen molar-refractivity contribution in [2.75, 3.05) is 12.4 Å². The summed E-state index contributed by atoms with van der Waals surface area (Å²) in [5, 5.41) is 8.06. The summed E-state index contributed by atoms with van der Waals surface area (Å²) in [6.45, 7) is 2.17. The lowest BCUT2D eigenvalue weighted by Crippen LogP contribution is -2.36. The molecule has 27 heavy (non-hydrogen) atoms. The lowest BCUT2D eigenvalue weighted by molar-refractivity contribution is 0.0600. The molecule has 5 N–H and O–H groups in total. The number of primary amides is 1. The zero-order valence-corrected chi connectivity index (χ0v) is 15.1. The third kappa shape index (κ3) is 6.03. The van der Waals surface area contributed by atoms with E-state index < -0.39 is 12.0 Å². The number of urea groups is 2. The van der Waals surface area contributed by atoms with E-state index in [2.05, 4.69) is 20.7 Å². The molecule has 2 rings (SSSR count). The molecule has 0 aliphatic rings. The number of ether oxygens (including phenoxy) is 1. The van der Waals surface area contributed by atoms with Crippen LogP contribution in [0.2, 0.25) is 0 Å². The van der Waals surface area contributed by atoms with Crippen molar-refractivity contribution in [1.29, 1.82) is 0 Å². The number of benzene rings is 2. The molecule has 1 unspecified atom stereocenters. The van der Waals surface area contributed by atoms with Crippen molar-refractivity contribution < 1.29 is 19.1 Å². The molecule has 142 valence electrons. The molecule has 0 fully saturated rings. The number of anilines is 1. The fourth-order valence-electron chi connectivity index (χ4n) is 2.39. The zero-order chi connectivity index (χ0) is 19.8. The minimum absolute atomic E-state index is 0.227. The van der Waals surface area contributed by atoms with Crippen LogP contribution in [0.4, 0.5) is 15.3 Å². The predicted molar refractivity (Wildman–Crippen MR) is 101 cm³/mol. The summed E-state index contributed by atoms with van der Waals surface area (Å²) in [6, 6.07) is 12.6. The number of nitrogens with one attached hydrogen (secondary N) is 3. The third-order valence-electron chi connectivity index (χ3n) is 3.85. The first kappa shape index (κ1) is 19.8. The van der Waals surface area contributed by atoms with E-state index in [0.717, 1.165) is 11.1 Å². The van der Waals surface area contributed by atoms with Gasteiger partial charge in [0.2, 0.25) is 0 Å². The van der Waals surface area contributed by atoms with Crippen molar-refractivity contribution in [1.82, 2.24) is 10.6 Å². The Morgan fingerprint density at radius 2 is 1.67 bits per heavy atom. The first-order valence-electron chi connectivity index (χ1n) is 8.27. The first-order chi connectivity index (χ1) is 12.9. The number of carbonyl (C=O) groups excluding carboxylic acids is 3. The minimum atomic E-state index is -0.632. The second-order valence-electron chi connectivity index (χ2n) is 5.85. The van der Waals surface area contributed by atoms with Crippen molar-refractivity contribution in [2.24, 2.45) is 5.73 Å². The second-order valence-corrected chi connectivity index (χ2v) is 5.85. The number of hydrogen-bond donors (Lipinski definition) is 4. The van der Waals surface area contributed by atoms with Crippen molar-refractivity contribution >= 4 is 23.7 Å². The molecule has 4 amide bonds. The highest BCUT2D eigenvalue weighted by atomic mass is 16.5. The first-order valence-corrected chi connectivity index (χ1v) is 8.27. The largest absolute Gasteiger partial charge is 0.465 e. The standard InChI is InChI=1S/C19H22N4O4/c1-12(14-7-9-16(10-8-14)23-18(20)25)22-19(26)21-11-13-3-5-15(6-4-13)17(24)27-2/h3-10,12H,11H2,1-2H3,(H3,20,23,25)(H2,21,22,26). The Kier molecular flexibility index (Phi) is 6.76. The van der Waals surface area contributed by atoms with Gasteiger partial charge in [-0.2, -0.15) is 0 Å². The Balaban J connectivity index is 1.84. The monoisotopic (exact) mass is 370 g/mol. The number of amides is 4. The van der Waals surface area contributed by atoms with Crippen LogP contribution in [0.15, 0.2) is 48.5 Å². The van der Waals surface area contributed by atoms with Crippen molar-refractivity contribution in [3.63, 3.8) is 0 Å². The van der Waals surface area contributed by atoms with Gasteiger partial charge in [-0.25, -0.2) is 14.4 Å². The number of nitrogens with two attached hydrogens (primary N) is 1. The smallest absolute Gasteiger partial charge is 0.337 e. The van der Waals surface area contributed by atoms with Crippen LogP contribution in [0.3, 0.4) is 0 Å². The summed E-state index contributed by atoms with van der Waals surface area (Å²) in [5.74, 6) is -0.405. The Morgan fingerprint density at radius 1 is 1.04 bits per heavy atom. The van der Waals surface area contributed by atoms with E-state index in [1.807, 2.05) is 6.92 Å². The van der Waals surface area contributed by atoms with Gasteiger partial charge in [0.25, 0.3) is 0 Å². The lowest BCUT2D eigenvalue weighted by atomic mass is 10.1. The van der Waals surface area contributed by atoms with Gasteiger partial charge in [-0.3, -0.25) is 0 Å². The molecule has 0 bridgehead atoms. The summed E-state index contributed by atoms with van der Waals surface area (Å²) in [7, 11) is 1.32. The molecule has 0 saturated heterocycles. The molecule has 8 nitrogen and oxygen atoms in total. The lowest BCUT2D eigenvalue weighted by Gasteiger charge is -2.15. The number of esters is 1. The van der Waals surface area contributed by atoms with Crippen molar-refractivity contribution in [3.8, 4) is 0 Å². The highest BCUT2D eigenvalue weighted by Crippen LogP contribution is 2.16. The molecule has 2 aromatic rings. The van der Waals surface area contributed by atoms with Gasteiger partial charge in [-0.15, -0.1) is 0 Å². The van der Waals surface area contributed by atoms with Gasteiger partial charge in [0.1, 0.15) is 0 Å². The molecule has 0 aliphatic carbocycles. The second kappa shape index (κ2) is 9.23. The maximum atomic E-state index is 12.1. The SMILES string of the molecule is COC(=O)c1ccc(CNC(=O)NC(C)c2ccc(NC(N)=O)cc2)cc1. The average molecular weight is 370 g/mol. The fourth-order valence-corrected chi connectivity index (χ4v) is 2.39. The summed E-state index contributed by atoms with van der Waals surface area (Å²) in [6.07, 6.45) is 0. The molecule has 0 aliphatic heterocycles. The molecule has 1 atom stereocenters. The quantitative estimate of drug-likeness (QED) is 0.584. The number of rotatable bonds is 6. The number of hydrogen-bond acceptors (Lipinski definition) is 4. The van der Waals surface area contributed by atoms with Gasteiger partial charge in [-0.1, -0.05) is 24.3 Å². The van der Waals surface area contributed by atoms with Gasteiger partial charge in [-0.05, 0) is 42.3 Å². The van der Waals surface area contributed by atoms with Gasteiger partial charge in [0, 0.05) is 12.2 Å². The van der Waals surface area contributed by atoms with Crippen LogP contribution >= 0.6 is 0 Å². The average Bonchev–Trinajstić information content (AvgIpc) is 2.66. The summed E-state index contributed by atoms with van der Waals surface area (Å²) < 4.78 is 4.64. The van der Waals surface area contributed by atoms with Crippen LogP contribution in [0, 0.1) is 0 Å². The Labute approximate surface area is 157 Å². The van der Waals surface area contributed by atoms with Crippen molar-refractivity contribution in [2.45, 2.75) is 19.5 Å². The topological polar surface area (TPSA) is 123 Å². The normalized spacial score (nSPS) is 11.2. The summed E-state index contributed by atoms with van der Waals surface area (Å²) in [5.41, 5.74) is 7.83. The van der Waals surface area contributed by atoms with Crippen LogP contribution in [-0.4, -0.2) is 25.1 Å². The van der Waals surface area contributed by atoms with E-state index in [1.54, 1.807) is 48.5 Å². The predicted octanol–water partition coefficient (Wildman–Crippen LogP) is 2.52. The number of methoxy groups -OCH3 is 1. The maximum Gasteiger partial charge on any atom is 0.337 e. The molecule has 8 heteroatoms. The molecule has 2 aromatic carbocycles. The van der Waals surface area contributed by atoms with Crippen LogP contribution < -0.4 is 21.7 Å². The van der Waals surface area contributed by atoms with E-state index in [0.29, 0.717) is 17.8 Å². The third-order valence-corrected chi connectivity index (χ3v) is 3.85. The highest BCUT2D eigenvalue weighted by molar-refractivity contribution is 5.89. The van der Waals surface area contributed by atoms with Crippen molar-refractivity contribution in [3.05, 3.63) is 65.2 Å². The Bertz CT molecular complexity index is 803. The molecular weight excluding hydrogens is 348 g/mol. The molecule has 0 aromatic heterocycles. The molecule has 0 saturated carbocycles. The van der Waals surface area contributed by atoms with Crippen LogP contribution in [0.25, 0.3) is 0 Å². The Morgan fingerprint density at radius 3 is 2.22 bits per heavy atom. The van der Waals surface area contributed by atoms with Gasteiger partial charge in [0.15, 0.2) is 0 Å². The van der Waals surface area contributed by atoms with E-state index in [9.17, 15) is 14.4 Å². The Hall–Kier alpha value is -3.55. The van der Waals surface area contributed by atoms with Gasteiger partial charge >= 0.3 is 18.0 Å². The fraction of sp³-hybridized carbons (Fsp3) is 0.211. The van der Waals surface area contributed by atoms with Gasteiger partial charge < -0.3 is 26.4 Å². The summed E-state index contributed by atoms with van der Waals surface area (Å²) in [4.78, 5) is 34.3. The zero-order valence-electron chi connectivity index (χ0n) is 15.1. The number of carbonyl (C=O) groups is 3. The maximum absolute atomic E-state index is 12.1. The van der Waals surface area contributed by atoms with Crippen LogP contribution in [-0.2, 0) is 11.3 Å². The van der Waals surface area contributed by atoms with E-state index in [-0.39, 0.29) is 12.1 Å².